The van der Waals surface area contributed by atoms with Crippen molar-refractivity contribution < 1.29 is 9.57 Å². The first-order valence-electron chi connectivity index (χ1n) is 5.91. The number of benzene rings is 1. The van der Waals surface area contributed by atoms with Crippen LogP contribution in [0.2, 0.25) is 0 Å². The van der Waals surface area contributed by atoms with Gasteiger partial charge in [-0.05, 0) is 19.1 Å². The Bertz CT molecular complexity index is 352. The number of oxime groups is 1. The lowest BCUT2D eigenvalue weighted by Gasteiger charge is -2.20. The molecular weight excluding hydrogens is 214 g/mol. The van der Waals surface area contributed by atoms with Crippen molar-refractivity contribution in [3.05, 3.63) is 30.3 Å². The van der Waals surface area contributed by atoms with Crippen LogP contribution in [0.4, 0.5) is 0 Å². The minimum Gasteiger partial charge on any atom is -0.487 e. The second kappa shape index (κ2) is 6.28. The Labute approximate surface area is 103 Å². The Morgan fingerprint density at radius 1 is 1.18 bits per heavy atom. The van der Waals surface area contributed by atoms with Gasteiger partial charge in [0.15, 0.2) is 0 Å². The average molecular weight is 235 g/mol. The van der Waals surface area contributed by atoms with Crippen molar-refractivity contribution in [1.29, 1.82) is 0 Å². The molecule has 0 radical (unpaired) electrons. The largest absolute Gasteiger partial charge is 0.487 e. The summed E-state index contributed by atoms with van der Waals surface area (Å²) >= 11 is 0. The van der Waals surface area contributed by atoms with Gasteiger partial charge in [0.1, 0.15) is 19.0 Å². The quantitative estimate of drug-likeness (QED) is 0.577. The van der Waals surface area contributed by atoms with Crippen LogP contribution in [-0.2, 0) is 4.84 Å². The van der Waals surface area contributed by atoms with E-state index in [0.717, 1.165) is 11.5 Å². The van der Waals surface area contributed by atoms with Gasteiger partial charge in [-0.15, -0.1) is 0 Å². The van der Waals surface area contributed by atoms with Crippen molar-refractivity contribution in [2.75, 3.05) is 13.2 Å². The molecule has 0 heterocycles. The summed E-state index contributed by atoms with van der Waals surface area (Å²) in [6, 6.07) is 9.73. The summed E-state index contributed by atoms with van der Waals surface area (Å²) in [5.41, 5.74) is 0.854. The predicted molar refractivity (Wildman–Crippen MR) is 70.5 cm³/mol. The summed E-state index contributed by atoms with van der Waals surface area (Å²) in [6.45, 7) is 9.23. The molecule has 0 fully saturated rings. The number of para-hydroxylation sites is 1. The number of hydrogen-bond acceptors (Lipinski definition) is 3. The van der Waals surface area contributed by atoms with Crippen molar-refractivity contribution in [2.24, 2.45) is 10.6 Å². The van der Waals surface area contributed by atoms with E-state index in [1.165, 1.54) is 0 Å². The minimum absolute atomic E-state index is 0.0516. The fourth-order valence-corrected chi connectivity index (χ4v) is 1.19. The number of hydrogen-bond donors (Lipinski definition) is 0. The van der Waals surface area contributed by atoms with Crippen LogP contribution in [0.3, 0.4) is 0 Å². The molecule has 0 atom stereocenters. The third-order valence-corrected chi connectivity index (χ3v) is 2.29. The molecular formula is C14H21NO2. The zero-order valence-corrected chi connectivity index (χ0v) is 11.1. The molecule has 0 saturated carbocycles. The summed E-state index contributed by atoms with van der Waals surface area (Å²) < 4.78 is 5.68. The fraction of sp³-hybridized carbons (Fsp3) is 0.500. The van der Waals surface area contributed by atoms with Crippen LogP contribution in [0.15, 0.2) is 35.5 Å². The molecule has 17 heavy (non-hydrogen) atoms. The van der Waals surface area contributed by atoms with Crippen LogP contribution < -0.4 is 4.74 Å². The lowest BCUT2D eigenvalue weighted by Crippen LogP contribution is -2.27. The maximum atomic E-state index is 5.68. The second-order valence-corrected chi connectivity index (χ2v) is 4.81. The topological polar surface area (TPSA) is 30.8 Å². The van der Waals surface area contributed by atoms with Crippen molar-refractivity contribution in [1.82, 2.24) is 0 Å². The van der Waals surface area contributed by atoms with Crippen LogP contribution in [0, 0.1) is 5.41 Å². The molecule has 1 aromatic carbocycles. The Kier molecular flexibility index (Phi) is 5.01. The molecule has 0 unspecified atom stereocenters. The van der Waals surface area contributed by atoms with Crippen LogP contribution in [0.5, 0.6) is 5.75 Å². The molecule has 0 N–H and O–H groups in total. The predicted octanol–water partition coefficient (Wildman–Crippen LogP) is 3.50. The highest BCUT2D eigenvalue weighted by molar-refractivity contribution is 5.90. The van der Waals surface area contributed by atoms with Crippen molar-refractivity contribution in [3.8, 4) is 5.75 Å². The van der Waals surface area contributed by atoms with Crippen molar-refractivity contribution >= 4 is 5.71 Å². The molecule has 0 aliphatic rings. The molecule has 1 rings (SSSR count). The third-order valence-electron chi connectivity index (χ3n) is 2.29. The smallest absolute Gasteiger partial charge is 0.130 e. The molecule has 0 aliphatic heterocycles. The highest BCUT2D eigenvalue weighted by atomic mass is 16.6. The van der Waals surface area contributed by atoms with Gasteiger partial charge < -0.3 is 9.57 Å². The summed E-state index contributed by atoms with van der Waals surface area (Å²) in [5.74, 6) is 0.848. The van der Waals surface area contributed by atoms with E-state index in [4.69, 9.17) is 9.57 Å². The van der Waals surface area contributed by atoms with E-state index >= 15 is 0 Å². The molecule has 0 saturated heterocycles. The van der Waals surface area contributed by atoms with Crippen LogP contribution >= 0.6 is 0 Å². The highest BCUT2D eigenvalue weighted by Gasteiger charge is 2.20. The van der Waals surface area contributed by atoms with Gasteiger partial charge in [0, 0.05) is 5.41 Å². The number of nitrogens with zero attached hydrogens (tertiary/aromatic N) is 1. The first-order chi connectivity index (χ1) is 8.04. The van der Waals surface area contributed by atoms with Gasteiger partial charge in [-0.2, -0.15) is 0 Å². The van der Waals surface area contributed by atoms with Crippen LogP contribution in [-0.4, -0.2) is 18.9 Å². The summed E-state index contributed by atoms with van der Waals surface area (Å²) in [7, 11) is 0. The highest BCUT2D eigenvalue weighted by Crippen LogP contribution is 2.18. The molecule has 0 aromatic heterocycles. The Morgan fingerprint density at radius 3 is 2.35 bits per heavy atom. The zero-order valence-electron chi connectivity index (χ0n) is 11.1. The van der Waals surface area contributed by atoms with Gasteiger partial charge in [-0.25, -0.2) is 0 Å². The van der Waals surface area contributed by atoms with E-state index in [2.05, 4.69) is 25.9 Å². The zero-order chi connectivity index (χ0) is 12.7. The monoisotopic (exact) mass is 235 g/mol. The summed E-state index contributed by atoms with van der Waals surface area (Å²) in [6.07, 6.45) is 0. The third kappa shape index (κ3) is 4.89. The van der Waals surface area contributed by atoms with Gasteiger partial charge >= 0.3 is 0 Å². The van der Waals surface area contributed by atoms with E-state index in [-0.39, 0.29) is 5.41 Å². The van der Waals surface area contributed by atoms with Gasteiger partial charge in [0.2, 0.25) is 0 Å². The fourth-order valence-electron chi connectivity index (χ4n) is 1.19. The minimum atomic E-state index is -0.0516. The standard InChI is InChI=1S/C14H21NO2/c1-5-17-15-13(14(2,3)4)11-16-12-9-7-6-8-10-12/h6-10H,5,11H2,1-4H3/b15-13+. The maximum absolute atomic E-state index is 5.68. The van der Waals surface area contributed by atoms with Crippen molar-refractivity contribution in [2.45, 2.75) is 27.7 Å². The molecule has 0 spiro atoms. The molecule has 0 aliphatic carbocycles. The second-order valence-electron chi connectivity index (χ2n) is 4.81. The molecule has 0 bridgehead atoms. The van der Waals surface area contributed by atoms with E-state index in [1.807, 2.05) is 37.3 Å². The summed E-state index contributed by atoms with van der Waals surface area (Å²) in [4.78, 5) is 5.12. The lowest BCUT2D eigenvalue weighted by atomic mass is 9.90. The Morgan fingerprint density at radius 2 is 1.82 bits per heavy atom. The Balaban J connectivity index is 2.62. The van der Waals surface area contributed by atoms with Gasteiger partial charge in [-0.3, -0.25) is 0 Å². The molecule has 1 aromatic rings. The normalized spacial score (nSPS) is 12.4. The number of ether oxygens (including phenoxy) is 1. The molecule has 94 valence electrons. The first-order valence-corrected chi connectivity index (χ1v) is 5.91. The molecule has 0 amide bonds. The molecule has 3 heteroatoms. The van der Waals surface area contributed by atoms with Gasteiger partial charge in [0.05, 0.1) is 5.71 Å². The van der Waals surface area contributed by atoms with E-state index in [0.29, 0.717) is 13.2 Å². The van der Waals surface area contributed by atoms with Crippen molar-refractivity contribution in [3.63, 3.8) is 0 Å². The lowest BCUT2D eigenvalue weighted by molar-refractivity contribution is 0.152. The van der Waals surface area contributed by atoms with E-state index < -0.39 is 0 Å². The molecule has 3 nitrogen and oxygen atoms in total. The van der Waals surface area contributed by atoms with E-state index in [9.17, 15) is 0 Å². The Hall–Kier alpha value is -1.51. The van der Waals surface area contributed by atoms with Gasteiger partial charge in [0.25, 0.3) is 0 Å². The van der Waals surface area contributed by atoms with Gasteiger partial charge in [-0.1, -0.05) is 44.1 Å². The SMILES string of the molecule is CCO/N=C(\COc1ccccc1)C(C)(C)C. The van der Waals surface area contributed by atoms with E-state index in [1.54, 1.807) is 0 Å². The first kappa shape index (κ1) is 13.6. The number of rotatable bonds is 5. The summed E-state index contributed by atoms with van der Waals surface area (Å²) in [5, 5.41) is 4.12. The maximum Gasteiger partial charge on any atom is 0.130 e. The van der Waals surface area contributed by atoms with Crippen LogP contribution in [0.1, 0.15) is 27.7 Å². The van der Waals surface area contributed by atoms with Crippen LogP contribution in [0.25, 0.3) is 0 Å². The average Bonchev–Trinajstić information content (AvgIpc) is 2.29.